The highest BCUT2D eigenvalue weighted by molar-refractivity contribution is 8.13. The maximum Gasteiger partial charge on any atom is 0.206 e. The Balaban J connectivity index is 2.50. The highest BCUT2D eigenvalue weighted by Gasteiger charge is 2.15. The Labute approximate surface area is 48.2 Å². The largest absolute Gasteiger partial charge is 0.237 e. The van der Waals surface area contributed by atoms with E-state index in [0.29, 0.717) is 6.04 Å². The van der Waals surface area contributed by atoms with Crippen LogP contribution in [0.3, 0.4) is 0 Å². The third-order valence-corrected chi connectivity index (χ3v) is 2.22. The second-order valence-corrected chi connectivity index (χ2v) is 3.15. The van der Waals surface area contributed by atoms with Crippen LogP contribution in [0.5, 0.6) is 0 Å². The van der Waals surface area contributed by atoms with E-state index in [1.807, 2.05) is 11.8 Å². The predicted molar refractivity (Wildman–Crippen MR) is 33.6 cm³/mol. The lowest BCUT2D eigenvalue weighted by Gasteiger charge is -1.80. The fraction of sp³-hybridized carbons (Fsp3) is 0.800. The fourth-order valence-electron chi connectivity index (χ4n) is 0.680. The molecular weight excluding hydrogens is 106 g/mol. The van der Waals surface area contributed by atoms with Crippen molar-refractivity contribution in [3.63, 3.8) is 0 Å². The van der Waals surface area contributed by atoms with Crippen LogP contribution < -0.4 is 4.99 Å². The van der Waals surface area contributed by atoms with Crippen molar-refractivity contribution in [1.82, 2.24) is 0 Å². The molecule has 1 rings (SSSR count). The van der Waals surface area contributed by atoms with E-state index in [9.17, 15) is 0 Å². The zero-order valence-corrected chi connectivity index (χ0v) is 5.51. The van der Waals surface area contributed by atoms with Crippen LogP contribution in [-0.4, -0.2) is 16.8 Å². The molecule has 0 spiro atoms. The molecule has 0 aromatic rings. The normalized spacial score (nSPS) is 30.6. The minimum Gasteiger partial charge on any atom is -0.237 e. The van der Waals surface area contributed by atoms with Gasteiger partial charge in [-0.25, -0.2) is 4.99 Å². The molecule has 1 aliphatic heterocycles. The molecule has 1 nitrogen and oxygen atoms in total. The van der Waals surface area contributed by atoms with Crippen molar-refractivity contribution in [1.29, 1.82) is 0 Å². The van der Waals surface area contributed by atoms with Gasteiger partial charge in [0.2, 0.25) is 5.04 Å². The first-order valence-corrected chi connectivity index (χ1v) is 3.50. The van der Waals surface area contributed by atoms with Gasteiger partial charge in [-0.1, -0.05) is 11.8 Å². The van der Waals surface area contributed by atoms with E-state index in [0.717, 1.165) is 0 Å². The van der Waals surface area contributed by atoms with Crippen molar-refractivity contribution >= 4 is 16.8 Å². The molecule has 7 heavy (non-hydrogen) atoms. The predicted octanol–water partition coefficient (Wildman–Crippen LogP) is -0.379. The smallest absolute Gasteiger partial charge is 0.206 e. The Morgan fingerprint density at radius 3 is 2.71 bits per heavy atom. The molecule has 0 aromatic heterocycles. The highest BCUT2D eigenvalue weighted by Crippen LogP contribution is 2.03. The molecule has 0 saturated heterocycles. The molecule has 1 unspecified atom stereocenters. The van der Waals surface area contributed by atoms with Crippen molar-refractivity contribution in [3.8, 4) is 0 Å². The van der Waals surface area contributed by atoms with E-state index >= 15 is 0 Å². The summed E-state index contributed by atoms with van der Waals surface area (Å²) in [6.45, 7) is 4.32. The van der Waals surface area contributed by atoms with Gasteiger partial charge < -0.3 is 0 Å². The lowest BCUT2D eigenvalue weighted by molar-refractivity contribution is -0.485. The molecule has 40 valence electrons. The molecule has 0 aromatic carbocycles. The monoisotopic (exact) mass is 116 g/mol. The van der Waals surface area contributed by atoms with Crippen LogP contribution in [-0.2, 0) is 0 Å². The number of rotatable bonds is 0. The second kappa shape index (κ2) is 1.86. The summed E-state index contributed by atoms with van der Waals surface area (Å²) in [6.07, 6.45) is 0. The number of hydrogen-bond donors (Lipinski definition) is 1. The molecule has 1 heterocycles. The summed E-state index contributed by atoms with van der Waals surface area (Å²) in [7, 11) is 0. The summed E-state index contributed by atoms with van der Waals surface area (Å²) in [5.41, 5.74) is 0. The van der Waals surface area contributed by atoms with E-state index < -0.39 is 0 Å². The Bertz CT molecular complexity index is 98.3. The minimum absolute atomic E-state index is 0.699. The van der Waals surface area contributed by atoms with E-state index in [1.165, 1.54) is 10.8 Å². The van der Waals surface area contributed by atoms with Crippen LogP contribution >= 0.6 is 11.8 Å². The molecule has 1 aliphatic rings. The van der Waals surface area contributed by atoms with Gasteiger partial charge in [0.15, 0.2) is 6.04 Å². The Morgan fingerprint density at radius 2 is 2.57 bits per heavy atom. The zero-order chi connectivity index (χ0) is 5.28. The second-order valence-electron chi connectivity index (χ2n) is 1.91. The first-order chi connectivity index (χ1) is 3.29. The van der Waals surface area contributed by atoms with Crippen molar-refractivity contribution < 1.29 is 4.99 Å². The van der Waals surface area contributed by atoms with Crippen molar-refractivity contribution in [2.24, 2.45) is 0 Å². The van der Waals surface area contributed by atoms with Crippen LogP contribution in [0, 0.1) is 0 Å². The van der Waals surface area contributed by atoms with Crippen LogP contribution in [0.2, 0.25) is 0 Å². The van der Waals surface area contributed by atoms with Gasteiger partial charge in [-0.15, -0.1) is 0 Å². The average Bonchev–Trinajstić information content (AvgIpc) is 1.87. The van der Waals surface area contributed by atoms with E-state index in [-0.39, 0.29) is 0 Å². The highest BCUT2D eigenvalue weighted by atomic mass is 32.2. The van der Waals surface area contributed by atoms with Crippen LogP contribution in [0.4, 0.5) is 0 Å². The summed E-state index contributed by atoms with van der Waals surface area (Å²) >= 11 is 1.91. The van der Waals surface area contributed by atoms with E-state index in [4.69, 9.17) is 0 Å². The molecule has 1 atom stereocenters. The molecule has 2 heteroatoms. The third-order valence-electron chi connectivity index (χ3n) is 1.000. The number of nitrogens with one attached hydrogen (secondary N) is 1. The maximum atomic E-state index is 3.30. The van der Waals surface area contributed by atoms with Gasteiger partial charge in [0.05, 0.1) is 5.75 Å². The lowest BCUT2D eigenvalue weighted by atomic mass is 10.4. The molecule has 0 amide bonds. The molecule has 0 bridgehead atoms. The zero-order valence-electron chi connectivity index (χ0n) is 4.69. The van der Waals surface area contributed by atoms with Gasteiger partial charge >= 0.3 is 0 Å². The molecule has 0 saturated carbocycles. The average molecular weight is 116 g/mol. The molecule has 0 fully saturated rings. The van der Waals surface area contributed by atoms with Gasteiger partial charge in [-0.3, -0.25) is 0 Å². The SMILES string of the molecule is CC1=[NH+]C(C)CS1. The molecule has 1 N–H and O–H groups in total. The van der Waals surface area contributed by atoms with E-state index in [2.05, 4.69) is 18.8 Å². The van der Waals surface area contributed by atoms with Crippen molar-refractivity contribution in [2.45, 2.75) is 19.9 Å². The first kappa shape index (κ1) is 5.16. The molecule has 0 aliphatic carbocycles. The summed E-state index contributed by atoms with van der Waals surface area (Å²) in [4.78, 5) is 3.30. The summed E-state index contributed by atoms with van der Waals surface area (Å²) in [6, 6.07) is 0.699. The summed E-state index contributed by atoms with van der Waals surface area (Å²) < 4.78 is 0. The van der Waals surface area contributed by atoms with Crippen LogP contribution in [0.25, 0.3) is 0 Å². The molecular formula is C5H10NS+. The van der Waals surface area contributed by atoms with E-state index in [1.54, 1.807) is 0 Å². The Kier molecular flexibility index (Phi) is 1.38. The van der Waals surface area contributed by atoms with Gasteiger partial charge in [-0.05, 0) is 6.92 Å². The van der Waals surface area contributed by atoms with Crippen molar-refractivity contribution in [3.05, 3.63) is 0 Å². The quantitative estimate of drug-likeness (QED) is 0.455. The third kappa shape index (κ3) is 1.20. The minimum atomic E-state index is 0.699. The number of thioether (sulfide) groups is 1. The Hall–Kier alpha value is 0.0200. The topological polar surface area (TPSA) is 14.0 Å². The first-order valence-electron chi connectivity index (χ1n) is 2.52. The maximum absolute atomic E-state index is 3.30. The number of hydrogen-bond acceptors (Lipinski definition) is 1. The lowest BCUT2D eigenvalue weighted by Crippen LogP contribution is -2.75. The molecule has 0 radical (unpaired) electrons. The van der Waals surface area contributed by atoms with Gasteiger partial charge in [0.1, 0.15) is 0 Å². The van der Waals surface area contributed by atoms with Gasteiger partial charge in [-0.2, -0.15) is 0 Å². The standard InChI is InChI=1S/C5H9NS/c1-4-3-7-5(2)6-4/h4H,3H2,1-2H3/p+1. The fourth-order valence-corrected chi connectivity index (χ4v) is 1.55. The Morgan fingerprint density at radius 1 is 1.86 bits per heavy atom. The van der Waals surface area contributed by atoms with Gasteiger partial charge in [0.25, 0.3) is 0 Å². The van der Waals surface area contributed by atoms with Crippen LogP contribution in [0.1, 0.15) is 13.8 Å². The van der Waals surface area contributed by atoms with Crippen molar-refractivity contribution in [2.75, 3.05) is 5.75 Å². The summed E-state index contributed by atoms with van der Waals surface area (Å²) in [5.74, 6) is 1.24. The van der Waals surface area contributed by atoms with Crippen LogP contribution in [0.15, 0.2) is 0 Å². The summed E-state index contributed by atoms with van der Waals surface area (Å²) in [5, 5.41) is 1.37. The van der Waals surface area contributed by atoms with Gasteiger partial charge in [0, 0.05) is 6.92 Å².